The van der Waals surface area contributed by atoms with E-state index in [1.54, 1.807) is 24.3 Å². The molecule has 0 saturated heterocycles. The first-order chi connectivity index (χ1) is 11.5. The van der Waals surface area contributed by atoms with Crippen LogP contribution < -0.4 is 10.4 Å². The number of ether oxygens (including phenoxy) is 1. The maximum absolute atomic E-state index is 11.9. The highest BCUT2D eigenvalue weighted by molar-refractivity contribution is 5.89. The molecule has 7 heteroatoms. The fourth-order valence-electron chi connectivity index (χ4n) is 1.90. The highest BCUT2D eigenvalue weighted by Crippen LogP contribution is 2.07. The van der Waals surface area contributed by atoms with Gasteiger partial charge in [-0.25, -0.2) is 9.59 Å². The van der Waals surface area contributed by atoms with Crippen LogP contribution in [0.25, 0.3) is 0 Å². The van der Waals surface area contributed by atoms with Crippen LogP contribution in [0.3, 0.4) is 0 Å². The molecule has 2 rings (SSSR count). The van der Waals surface area contributed by atoms with Crippen molar-refractivity contribution >= 4 is 11.9 Å². The van der Waals surface area contributed by atoms with Gasteiger partial charge in [-0.15, -0.1) is 0 Å². The first-order valence-corrected chi connectivity index (χ1v) is 7.37. The second-order valence-corrected chi connectivity index (χ2v) is 4.96. The highest BCUT2D eigenvalue weighted by atomic mass is 16.7. The first kappa shape index (κ1) is 17.3. The Bertz CT molecular complexity index is 778. The Morgan fingerprint density at radius 1 is 1.17 bits per heavy atom. The van der Waals surface area contributed by atoms with Crippen molar-refractivity contribution in [1.82, 2.24) is 4.73 Å². The monoisotopic (exact) mass is 331 g/mol. The molecule has 0 bridgehead atoms. The Kier molecular flexibility index (Phi) is 5.73. The van der Waals surface area contributed by atoms with Crippen LogP contribution in [-0.4, -0.2) is 28.4 Å². The Morgan fingerprint density at radius 2 is 1.88 bits per heavy atom. The minimum absolute atomic E-state index is 0.0489. The lowest BCUT2D eigenvalue weighted by molar-refractivity contribution is 0.0504. The lowest BCUT2D eigenvalue weighted by Crippen LogP contribution is -2.30. The van der Waals surface area contributed by atoms with Gasteiger partial charge in [0.15, 0.2) is 0 Å². The van der Waals surface area contributed by atoms with Crippen molar-refractivity contribution in [2.24, 2.45) is 0 Å². The molecule has 0 radical (unpaired) electrons. The van der Waals surface area contributed by atoms with Crippen LogP contribution >= 0.6 is 0 Å². The van der Waals surface area contributed by atoms with Crippen molar-refractivity contribution in [3.63, 3.8) is 0 Å². The zero-order valence-corrected chi connectivity index (χ0v) is 13.1. The van der Waals surface area contributed by atoms with Gasteiger partial charge in [0.05, 0.1) is 12.2 Å². The number of hydrogen-bond donors (Lipinski definition) is 1. The summed E-state index contributed by atoms with van der Waals surface area (Å²) < 4.78 is 5.89. The van der Waals surface area contributed by atoms with Gasteiger partial charge in [0, 0.05) is 6.20 Å². The molecule has 0 saturated carbocycles. The molecule has 0 atom stereocenters. The Balaban J connectivity index is 2.03. The largest absolute Gasteiger partial charge is 0.477 e. The fraction of sp³-hybridized carbons (Fsp3) is 0.235. The summed E-state index contributed by atoms with van der Waals surface area (Å²) in [7, 11) is 0. The Morgan fingerprint density at radius 3 is 2.50 bits per heavy atom. The molecule has 0 unspecified atom stereocenters. The number of carboxylic acids is 1. The number of carbonyl (C=O) groups excluding carboxylic acids is 1. The number of carboxylic acid groups (broad SMARTS) is 1. The molecule has 1 aromatic carbocycles. The van der Waals surface area contributed by atoms with Gasteiger partial charge < -0.3 is 14.7 Å². The summed E-state index contributed by atoms with van der Waals surface area (Å²) in [5, 5.41) is 8.91. The molecule has 0 aliphatic heterocycles. The second-order valence-electron chi connectivity index (χ2n) is 4.96. The second kappa shape index (κ2) is 7.96. The maximum atomic E-state index is 11.9. The van der Waals surface area contributed by atoms with Gasteiger partial charge in [-0.1, -0.05) is 19.1 Å². The number of nitrogens with zero attached hydrogens (tertiary/aromatic N) is 1. The third-order valence-corrected chi connectivity index (χ3v) is 3.14. The maximum Gasteiger partial charge on any atom is 0.341 e. The highest BCUT2D eigenvalue weighted by Gasteiger charge is 2.11. The summed E-state index contributed by atoms with van der Waals surface area (Å²) in [6.45, 7) is 2.33. The molecule has 2 aromatic rings. The predicted molar refractivity (Wildman–Crippen MR) is 85.0 cm³/mol. The number of esters is 1. The van der Waals surface area contributed by atoms with Crippen molar-refractivity contribution in [1.29, 1.82) is 0 Å². The van der Waals surface area contributed by atoms with Gasteiger partial charge in [0.1, 0.15) is 12.2 Å². The predicted octanol–water partition coefficient (Wildman–Crippen LogP) is 1.74. The number of hydrogen-bond acceptors (Lipinski definition) is 5. The number of benzene rings is 1. The number of rotatable bonds is 7. The Labute approximate surface area is 138 Å². The minimum Gasteiger partial charge on any atom is -0.477 e. The minimum atomic E-state index is -1.31. The third kappa shape index (κ3) is 4.22. The van der Waals surface area contributed by atoms with E-state index in [1.807, 2.05) is 6.92 Å². The van der Waals surface area contributed by atoms with Crippen LogP contribution in [-0.2, 0) is 11.3 Å². The fourth-order valence-corrected chi connectivity index (χ4v) is 1.90. The summed E-state index contributed by atoms with van der Waals surface area (Å²) in [5.41, 5.74) is 0.0307. The van der Waals surface area contributed by atoms with Crippen molar-refractivity contribution in [2.75, 3.05) is 6.61 Å². The molecule has 1 heterocycles. The van der Waals surface area contributed by atoms with Crippen LogP contribution in [0.15, 0.2) is 47.4 Å². The van der Waals surface area contributed by atoms with Gasteiger partial charge in [-0.2, -0.15) is 4.73 Å². The zero-order valence-electron chi connectivity index (χ0n) is 13.1. The molecule has 0 spiro atoms. The summed E-state index contributed by atoms with van der Waals surface area (Å²) >= 11 is 0. The van der Waals surface area contributed by atoms with Gasteiger partial charge in [-0.05, 0) is 36.2 Å². The van der Waals surface area contributed by atoms with Crippen molar-refractivity contribution in [3.8, 4) is 0 Å². The number of carbonyl (C=O) groups is 2. The van der Waals surface area contributed by atoms with E-state index in [9.17, 15) is 14.4 Å². The van der Waals surface area contributed by atoms with Crippen LogP contribution in [0.4, 0.5) is 0 Å². The van der Waals surface area contributed by atoms with E-state index in [4.69, 9.17) is 14.7 Å². The molecule has 0 aliphatic rings. The number of aromatic nitrogens is 1. The van der Waals surface area contributed by atoms with Crippen molar-refractivity contribution in [3.05, 3.63) is 69.6 Å². The smallest absolute Gasteiger partial charge is 0.341 e. The molecule has 1 N–H and O–H groups in total. The quantitative estimate of drug-likeness (QED) is 0.777. The summed E-state index contributed by atoms with van der Waals surface area (Å²) in [5.74, 6) is -1.71. The standard InChI is InChI=1S/C17H17NO6/c1-2-10-23-17(22)13-7-5-12(6-8-13)11-24-18-9-3-4-14(15(18)19)16(20)21/h3-9H,2,10-11H2,1H3,(H,20,21). The van der Waals surface area contributed by atoms with Crippen molar-refractivity contribution < 1.29 is 24.3 Å². The molecule has 1 aromatic heterocycles. The molecule has 0 fully saturated rings. The lowest BCUT2D eigenvalue weighted by atomic mass is 10.1. The average Bonchev–Trinajstić information content (AvgIpc) is 2.59. The first-order valence-electron chi connectivity index (χ1n) is 7.37. The Hall–Kier alpha value is -3.09. The normalized spacial score (nSPS) is 10.2. The van der Waals surface area contributed by atoms with E-state index in [2.05, 4.69) is 0 Å². The molecule has 0 aliphatic carbocycles. The van der Waals surface area contributed by atoms with E-state index in [1.165, 1.54) is 18.3 Å². The molecule has 24 heavy (non-hydrogen) atoms. The number of pyridine rings is 1. The van der Waals surface area contributed by atoms with Gasteiger partial charge in [0.25, 0.3) is 5.56 Å². The summed E-state index contributed by atoms with van der Waals surface area (Å²) in [6, 6.07) is 9.18. The molecular formula is C17H17NO6. The number of aromatic carboxylic acids is 1. The molecule has 126 valence electrons. The van der Waals surface area contributed by atoms with E-state index >= 15 is 0 Å². The summed E-state index contributed by atoms with van der Waals surface area (Å²) in [4.78, 5) is 39.8. The zero-order chi connectivity index (χ0) is 17.5. The van der Waals surface area contributed by atoms with Gasteiger partial charge in [-0.3, -0.25) is 4.79 Å². The molecule has 0 amide bonds. The van der Waals surface area contributed by atoms with Crippen LogP contribution in [0, 0.1) is 0 Å². The van der Waals surface area contributed by atoms with Crippen LogP contribution in [0.1, 0.15) is 39.6 Å². The van der Waals surface area contributed by atoms with Crippen LogP contribution in [0.2, 0.25) is 0 Å². The third-order valence-electron chi connectivity index (χ3n) is 3.14. The lowest BCUT2D eigenvalue weighted by Gasteiger charge is -2.09. The SMILES string of the molecule is CCCOC(=O)c1ccc(COn2cccc(C(=O)O)c2=O)cc1. The van der Waals surface area contributed by atoms with Gasteiger partial charge >= 0.3 is 11.9 Å². The topological polar surface area (TPSA) is 94.8 Å². The van der Waals surface area contributed by atoms with E-state index in [0.717, 1.165) is 16.7 Å². The summed E-state index contributed by atoms with van der Waals surface area (Å²) in [6.07, 6.45) is 2.09. The average molecular weight is 331 g/mol. The molecular weight excluding hydrogens is 314 g/mol. The van der Waals surface area contributed by atoms with Crippen LogP contribution in [0.5, 0.6) is 0 Å². The van der Waals surface area contributed by atoms with E-state index < -0.39 is 17.5 Å². The van der Waals surface area contributed by atoms with E-state index in [0.29, 0.717) is 12.2 Å². The van der Waals surface area contributed by atoms with Gasteiger partial charge in [0.2, 0.25) is 0 Å². The molecule has 7 nitrogen and oxygen atoms in total. The van der Waals surface area contributed by atoms with E-state index in [-0.39, 0.29) is 12.2 Å². The van der Waals surface area contributed by atoms with Crippen molar-refractivity contribution in [2.45, 2.75) is 20.0 Å².